The molecule has 2 N–H and O–H groups in total. The fourth-order valence-corrected chi connectivity index (χ4v) is 3.27. The van der Waals surface area contributed by atoms with Crippen LogP contribution in [0.1, 0.15) is 44.6 Å². The molecule has 0 spiro atoms. The molecule has 0 unspecified atom stereocenters. The molecule has 0 aliphatic heterocycles. The number of nitrogens with zero attached hydrogens (tertiary/aromatic N) is 1. The molecule has 24 heavy (non-hydrogen) atoms. The molecule has 0 radical (unpaired) electrons. The van der Waals surface area contributed by atoms with E-state index in [1.54, 1.807) is 11.0 Å². The number of hydrogen-bond donors (Lipinski definition) is 2. The summed E-state index contributed by atoms with van der Waals surface area (Å²) in [6, 6.07) is 5.61. The lowest BCUT2D eigenvalue weighted by Gasteiger charge is -2.25. The van der Waals surface area contributed by atoms with Crippen LogP contribution >= 0.6 is 11.6 Å². The number of halogens is 1. The molecule has 132 valence electrons. The quantitative estimate of drug-likeness (QED) is 0.850. The molecule has 6 heteroatoms. The zero-order chi connectivity index (χ0) is 17.5. The number of anilines is 1. The molecule has 0 bridgehead atoms. The van der Waals surface area contributed by atoms with Crippen LogP contribution < -0.4 is 15.5 Å². The number of amides is 3. The number of hydrogen-bond acceptors (Lipinski definition) is 2. The van der Waals surface area contributed by atoms with Crippen molar-refractivity contribution in [2.75, 3.05) is 18.0 Å². The Hall–Kier alpha value is -1.75. The molecule has 0 atom stereocenters. The third kappa shape index (κ3) is 5.13. The number of rotatable bonds is 5. The van der Waals surface area contributed by atoms with Gasteiger partial charge in [0.2, 0.25) is 5.91 Å². The maximum absolute atomic E-state index is 12.0. The van der Waals surface area contributed by atoms with Gasteiger partial charge in [-0.25, -0.2) is 4.79 Å². The molecule has 1 aliphatic carbocycles. The fourth-order valence-electron chi connectivity index (χ4n) is 3.10. The molecule has 0 aromatic heterocycles. The third-order valence-electron chi connectivity index (χ3n) is 4.47. The molecule has 1 saturated carbocycles. The zero-order valence-electron chi connectivity index (χ0n) is 14.4. The first-order valence-corrected chi connectivity index (χ1v) is 8.94. The van der Waals surface area contributed by atoms with Crippen molar-refractivity contribution < 1.29 is 9.59 Å². The van der Waals surface area contributed by atoms with Gasteiger partial charge in [0.15, 0.2) is 0 Å². The summed E-state index contributed by atoms with van der Waals surface area (Å²) in [6.07, 6.45) is 5.71. The van der Waals surface area contributed by atoms with Crippen LogP contribution in [0, 0.1) is 6.92 Å². The van der Waals surface area contributed by atoms with Crippen LogP contribution in [-0.4, -0.2) is 31.1 Å². The van der Waals surface area contributed by atoms with E-state index >= 15 is 0 Å². The Balaban J connectivity index is 1.86. The lowest BCUT2D eigenvalue weighted by Crippen LogP contribution is -2.45. The number of nitrogens with one attached hydrogen (secondary N) is 2. The van der Waals surface area contributed by atoms with E-state index in [9.17, 15) is 9.59 Å². The van der Waals surface area contributed by atoms with Gasteiger partial charge in [-0.2, -0.15) is 0 Å². The Labute approximate surface area is 148 Å². The largest absolute Gasteiger partial charge is 0.336 e. The molecule has 1 aromatic rings. The summed E-state index contributed by atoms with van der Waals surface area (Å²) >= 11 is 6.14. The van der Waals surface area contributed by atoms with Gasteiger partial charge in [-0.05, 0) is 37.5 Å². The molecule has 0 heterocycles. The van der Waals surface area contributed by atoms with Gasteiger partial charge in [0.25, 0.3) is 0 Å². The minimum atomic E-state index is -0.159. The molecule has 3 amide bonds. The zero-order valence-corrected chi connectivity index (χ0v) is 15.2. The summed E-state index contributed by atoms with van der Waals surface area (Å²) in [7, 11) is 0. The predicted molar refractivity (Wildman–Crippen MR) is 97.6 cm³/mol. The van der Waals surface area contributed by atoms with Crippen molar-refractivity contribution >= 4 is 29.2 Å². The highest BCUT2D eigenvalue weighted by atomic mass is 35.5. The van der Waals surface area contributed by atoms with E-state index in [-0.39, 0.29) is 18.0 Å². The topological polar surface area (TPSA) is 61.4 Å². The number of urea groups is 1. The fraction of sp³-hybridized carbons (Fsp3) is 0.556. The summed E-state index contributed by atoms with van der Waals surface area (Å²) in [5, 5.41) is 6.48. The smallest absolute Gasteiger partial charge is 0.315 e. The van der Waals surface area contributed by atoms with Crippen LogP contribution in [0.4, 0.5) is 10.5 Å². The van der Waals surface area contributed by atoms with Gasteiger partial charge in [0.1, 0.15) is 0 Å². The van der Waals surface area contributed by atoms with Gasteiger partial charge in [-0.3, -0.25) is 4.79 Å². The van der Waals surface area contributed by atoms with E-state index in [1.165, 1.54) is 26.2 Å². The van der Waals surface area contributed by atoms with Crippen molar-refractivity contribution in [2.45, 2.75) is 52.0 Å². The van der Waals surface area contributed by atoms with E-state index in [0.717, 1.165) is 24.1 Å². The molecule has 0 saturated heterocycles. The second-order valence-corrected chi connectivity index (χ2v) is 6.70. The average molecular weight is 352 g/mol. The maximum atomic E-state index is 12.0. The Morgan fingerprint density at radius 1 is 1.25 bits per heavy atom. The molecule has 2 rings (SSSR count). The molecule has 1 fully saturated rings. The van der Waals surface area contributed by atoms with E-state index < -0.39 is 0 Å². The van der Waals surface area contributed by atoms with Crippen molar-refractivity contribution in [1.82, 2.24) is 10.6 Å². The maximum Gasteiger partial charge on any atom is 0.315 e. The first-order chi connectivity index (χ1) is 11.5. The van der Waals surface area contributed by atoms with Gasteiger partial charge < -0.3 is 15.5 Å². The van der Waals surface area contributed by atoms with Crippen molar-refractivity contribution in [3.63, 3.8) is 0 Å². The minimum absolute atomic E-state index is 0.0742. The van der Waals surface area contributed by atoms with E-state index in [4.69, 9.17) is 11.6 Å². The number of benzene rings is 1. The number of carbonyl (C=O) groups is 2. The van der Waals surface area contributed by atoms with Crippen molar-refractivity contribution in [3.05, 3.63) is 28.8 Å². The normalized spacial score (nSPS) is 15.0. The summed E-state index contributed by atoms with van der Waals surface area (Å²) in [4.78, 5) is 25.6. The van der Waals surface area contributed by atoms with Crippen LogP contribution in [0.25, 0.3) is 0 Å². The third-order valence-corrected chi connectivity index (χ3v) is 4.88. The predicted octanol–water partition coefficient (Wildman–Crippen LogP) is 3.63. The average Bonchev–Trinajstić information content (AvgIpc) is 2.55. The number of carbonyl (C=O) groups excluding carboxylic acids is 2. The summed E-state index contributed by atoms with van der Waals surface area (Å²) in [5.74, 6) is -0.0742. The minimum Gasteiger partial charge on any atom is -0.336 e. The van der Waals surface area contributed by atoms with Crippen LogP contribution in [0.2, 0.25) is 5.02 Å². The standard InChI is InChI=1S/C18H26ClN3O2/c1-13-16(19)9-6-10-17(13)22(14(2)23)12-11-20-18(24)21-15-7-4-3-5-8-15/h6,9-10,15H,3-5,7-8,11-12H2,1-2H3,(H2,20,21,24). The molecule has 5 nitrogen and oxygen atoms in total. The Kier molecular flexibility index (Phi) is 6.91. The van der Waals surface area contributed by atoms with Crippen molar-refractivity contribution in [2.24, 2.45) is 0 Å². The highest BCUT2D eigenvalue weighted by molar-refractivity contribution is 6.31. The Bertz CT molecular complexity index is 586. The molecule has 1 aliphatic rings. The highest BCUT2D eigenvalue weighted by Crippen LogP contribution is 2.26. The van der Waals surface area contributed by atoms with Gasteiger partial charge in [-0.15, -0.1) is 0 Å². The molecular formula is C18H26ClN3O2. The lowest BCUT2D eigenvalue weighted by atomic mass is 9.96. The van der Waals surface area contributed by atoms with E-state index in [0.29, 0.717) is 18.1 Å². The van der Waals surface area contributed by atoms with E-state index in [2.05, 4.69) is 10.6 Å². The van der Waals surface area contributed by atoms with Gasteiger partial charge >= 0.3 is 6.03 Å². The van der Waals surface area contributed by atoms with Crippen LogP contribution in [0.3, 0.4) is 0 Å². The van der Waals surface area contributed by atoms with Crippen molar-refractivity contribution in [1.29, 1.82) is 0 Å². The van der Waals surface area contributed by atoms with Gasteiger partial charge in [0, 0.05) is 36.8 Å². The van der Waals surface area contributed by atoms with Gasteiger partial charge in [0.05, 0.1) is 0 Å². The summed E-state index contributed by atoms with van der Waals surface area (Å²) in [5.41, 5.74) is 1.64. The summed E-state index contributed by atoms with van der Waals surface area (Å²) < 4.78 is 0. The summed E-state index contributed by atoms with van der Waals surface area (Å²) in [6.45, 7) is 4.21. The molecular weight excluding hydrogens is 326 g/mol. The van der Waals surface area contributed by atoms with Gasteiger partial charge in [-0.1, -0.05) is 36.9 Å². The Morgan fingerprint density at radius 3 is 2.62 bits per heavy atom. The molecule has 1 aromatic carbocycles. The first-order valence-electron chi connectivity index (χ1n) is 8.56. The first kappa shape index (κ1) is 18.6. The highest BCUT2D eigenvalue weighted by Gasteiger charge is 2.17. The van der Waals surface area contributed by atoms with E-state index in [1.807, 2.05) is 19.1 Å². The second-order valence-electron chi connectivity index (χ2n) is 6.29. The lowest BCUT2D eigenvalue weighted by molar-refractivity contribution is -0.116. The SMILES string of the molecule is CC(=O)N(CCNC(=O)NC1CCCCC1)c1cccc(Cl)c1C. The van der Waals surface area contributed by atoms with Crippen LogP contribution in [0.15, 0.2) is 18.2 Å². The Morgan fingerprint density at radius 2 is 1.96 bits per heavy atom. The second kappa shape index (κ2) is 8.92. The van der Waals surface area contributed by atoms with Crippen LogP contribution in [-0.2, 0) is 4.79 Å². The van der Waals surface area contributed by atoms with Crippen molar-refractivity contribution in [3.8, 4) is 0 Å². The van der Waals surface area contributed by atoms with Crippen LogP contribution in [0.5, 0.6) is 0 Å². The monoisotopic (exact) mass is 351 g/mol.